The summed E-state index contributed by atoms with van der Waals surface area (Å²) in [6.07, 6.45) is 0. The summed E-state index contributed by atoms with van der Waals surface area (Å²) < 4.78 is 5.63. The molecule has 3 rings (SSSR count). The molecule has 0 unspecified atom stereocenters. The van der Waals surface area contributed by atoms with Gasteiger partial charge in [-0.25, -0.2) is 0 Å². The molecule has 0 aliphatic carbocycles. The summed E-state index contributed by atoms with van der Waals surface area (Å²) in [5.74, 6) is 0.575. The summed E-state index contributed by atoms with van der Waals surface area (Å²) in [5, 5.41) is 13.7. The maximum absolute atomic E-state index is 12.5. The van der Waals surface area contributed by atoms with Crippen molar-refractivity contribution in [2.45, 2.75) is 13.8 Å². The number of carbonyl (C=O) groups excluding carboxylic acids is 1. The summed E-state index contributed by atoms with van der Waals surface area (Å²) in [4.78, 5) is 22.9. The summed E-state index contributed by atoms with van der Waals surface area (Å²) >= 11 is 0. The van der Waals surface area contributed by atoms with Crippen LogP contribution in [0.4, 0.5) is 11.4 Å². The van der Waals surface area contributed by atoms with E-state index in [1.165, 1.54) is 12.1 Å². The molecular weight excluding hydrogens is 320 g/mol. The second kappa shape index (κ2) is 6.60. The molecule has 1 heterocycles. The topological polar surface area (TPSA) is 85.4 Å². The van der Waals surface area contributed by atoms with Crippen molar-refractivity contribution in [1.29, 1.82) is 0 Å². The number of furan rings is 1. The van der Waals surface area contributed by atoms with Crippen molar-refractivity contribution in [3.05, 3.63) is 81.6 Å². The molecule has 1 amide bonds. The van der Waals surface area contributed by atoms with Gasteiger partial charge in [-0.15, -0.1) is 0 Å². The monoisotopic (exact) mass is 336 g/mol. The number of amides is 1. The van der Waals surface area contributed by atoms with Gasteiger partial charge in [-0.3, -0.25) is 14.9 Å². The molecular formula is C19H16N2O4. The van der Waals surface area contributed by atoms with Gasteiger partial charge in [0.25, 0.3) is 11.6 Å². The third-order valence-corrected chi connectivity index (χ3v) is 3.78. The SMILES string of the molecule is Cc1cccc(NC(=O)c2cc(-c3cccc([N+](=O)[O-])c3)oc2C)c1. The van der Waals surface area contributed by atoms with Crippen LogP contribution in [-0.2, 0) is 0 Å². The molecule has 25 heavy (non-hydrogen) atoms. The zero-order valence-corrected chi connectivity index (χ0v) is 13.8. The zero-order valence-electron chi connectivity index (χ0n) is 13.8. The number of benzene rings is 2. The third-order valence-electron chi connectivity index (χ3n) is 3.78. The fourth-order valence-corrected chi connectivity index (χ4v) is 2.54. The number of nitro groups is 1. The average molecular weight is 336 g/mol. The third kappa shape index (κ3) is 3.58. The van der Waals surface area contributed by atoms with Crippen LogP contribution in [0.1, 0.15) is 21.7 Å². The van der Waals surface area contributed by atoms with E-state index < -0.39 is 4.92 Å². The highest BCUT2D eigenvalue weighted by molar-refractivity contribution is 6.05. The Balaban J connectivity index is 1.88. The number of nitrogens with zero attached hydrogens (tertiary/aromatic N) is 1. The van der Waals surface area contributed by atoms with Crippen molar-refractivity contribution in [3.63, 3.8) is 0 Å². The normalized spacial score (nSPS) is 10.5. The molecule has 0 atom stereocenters. The number of non-ortho nitro benzene ring substituents is 1. The fourth-order valence-electron chi connectivity index (χ4n) is 2.54. The van der Waals surface area contributed by atoms with Gasteiger partial charge < -0.3 is 9.73 Å². The van der Waals surface area contributed by atoms with E-state index in [0.29, 0.717) is 28.3 Å². The number of aryl methyl sites for hydroxylation is 2. The minimum atomic E-state index is -0.468. The maximum atomic E-state index is 12.5. The summed E-state index contributed by atoms with van der Waals surface area (Å²) in [6, 6.07) is 15.2. The number of hydrogen-bond donors (Lipinski definition) is 1. The predicted octanol–water partition coefficient (Wildman–Crippen LogP) is 4.72. The van der Waals surface area contributed by atoms with Crippen molar-refractivity contribution in [3.8, 4) is 11.3 Å². The first kappa shape index (κ1) is 16.4. The van der Waals surface area contributed by atoms with E-state index in [1.807, 2.05) is 31.2 Å². The second-order valence-corrected chi connectivity index (χ2v) is 5.71. The van der Waals surface area contributed by atoms with Crippen LogP contribution in [0, 0.1) is 24.0 Å². The zero-order chi connectivity index (χ0) is 18.0. The van der Waals surface area contributed by atoms with Gasteiger partial charge in [0.1, 0.15) is 11.5 Å². The van der Waals surface area contributed by atoms with Crippen molar-refractivity contribution in [1.82, 2.24) is 0 Å². The largest absolute Gasteiger partial charge is 0.461 e. The molecule has 0 aliphatic heterocycles. The minimum Gasteiger partial charge on any atom is -0.461 e. The van der Waals surface area contributed by atoms with Crippen LogP contribution in [0.15, 0.2) is 59.0 Å². The summed E-state index contributed by atoms with van der Waals surface area (Å²) in [7, 11) is 0. The Morgan fingerprint density at radius 3 is 2.56 bits per heavy atom. The molecule has 0 radical (unpaired) electrons. The molecule has 0 bridgehead atoms. The quantitative estimate of drug-likeness (QED) is 0.551. The highest BCUT2D eigenvalue weighted by atomic mass is 16.6. The van der Waals surface area contributed by atoms with Crippen LogP contribution in [0.5, 0.6) is 0 Å². The number of nitrogens with one attached hydrogen (secondary N) is 1. The van der Waals surface area contributed by atoms with E-state index in [-0.39, 0.29) is 11.6 Å². The van der Waals surface area contributed by atoms with Gasteiger partial charge in [-0.2, -0.15) is 0 Å². The Bertz CT molecular complexity index is 960. The molecule has 6 heteroatoms. The Morgan fingerprint density at radius 1 is 1.08 bits per heavy atom. The van der Waals surface area contributed by atoms with Crippen molar-refractivity contribution >= 4 is 17.3 Å². The standard InChI is InChI=1S/C19H16N2O4/c1-12-5-3-7-15(9-12)20-19(22)17-11-18(25-13(17)2)14-6-4-8-16(10-14)21(23)24/h3-11H,1-2H3,(H,20,22). The van der Waals surface area contributed by atoms with Crippen molar-refractivity contribution in [2.24, 2.45) is 0 Å². The van der Waals surface area contributed by atoms with E-state index in [2.05, 4.69) is 5.32 Å². The molecule has 3 aromatic rings. The highest BCUT2D eigenvalue weighted by Gasteiger charge is 2.17. The predicted molar refractivity (Wildman–Crippen MR) is 94.7 cm³/mol. The lowest BCUT2D eigenvalue weighted by Gasteiger charge is -2.04. The number of carbonyl (C=O) groups is 1. The summed E-state index contributed by atoms with van der Waals surface area (Å²) in [6.45, 7) is 3.63. The molecule has 1 aromatic heterocycles. The molecule has 0 spiro atoms. The minimum absolute atomic E-state index is 0.0303. The van der Waals surface area contributed by atoms with Crippen LogP contribution in [0.3, 0.4) is 0 Å². The van der Waals surface area contributed by atoms with E-state index in [0.717, 1.165) is 5.56 Å². The number of rotatable bonds is 4. The first-order chi connectivity index (χ1) is 11.9. The number of anilines is 1. The molecule has 0 aliphatic rings. The fraction of sp³-hybridized carbons (Fsp3) is 0.105. The van der Waals surface area contributed by atoms with Gasteiger partial charge >= 0.3 is 0 Å². The van der Waals surface area contributed by atoms with Gasteiger partial charge in [-0.05, 0) is 37.6 Å². The Labute approximate surface area is 144 Å². The van der Waals surface area contributed by atoms with E-state index in [4.69, 9.17) is 4.42 Å². The van der Waals surface area contributed by atoms with E-state index in [1.54, 1.807) is 25.1 Å². The van der Waals surface area contributed by atoms with Gasteiger partial charge in [0.05, 0.1) is 10.5 Å². The van der Waals surface area contributed by atoms with Crippen molar-refractivity contribution in [2.75, 3.05) is 5.32 Å². The van der Waals surface area contributed by atoms with Gasteiger partial charge in [0, 0.05) is 23.4 Å². The maximum Gasteiger partial charge on any atom is 0.270 e. The summed E-state index contributed by atoms with van der Waals surface area (Å²) in [5.41, 5.74) is 2.65. The molecule has 0 saturated carbocycles. The van der Waals surface area contributed by atoms with Crippen LogP contribution < -0.4 is 5.32 Å². The van der Waals surface area contributed by atoms with E-state index >= 15 is 0 Å². The van der Waals surface area contributed by atoms with Crippen LogP contribution in [0.2, 0.25) is 0 Å². The van der Waals surface area contributed by atoms with Crippen LogP contribution >= 0.6 is 0 Å². The molecule has 0 fully saturated rings. The molecule has 6 nitrogen and oxygen atoms in total. The molecule has 1 N–H and O–H groups in total. The molecule has 0 saturated heterocycles. The lowest BCUT2D eigenvalue weighted by molar-refractivity contribution is -0.384. The number of nitro benzene ring substituents is 1. The smallest absolute Gasteiger partial charge is 0.270 e. The lowest BCUT2D eigenvalue weighted by atomic mass is 10.1. The number of hydrogen-bond acceptors (Lipinski definition) is 4. The van der Waals surface area contributed by atoms with E-state index in [9.17, 15) is 14.9 Å². The lowest BCUT2D eigenvalue weighted by Crippen LogP contribution is -2.12. The Kier molecular flexibility index (Phi) is 4.35. The van der Waals surface area contributed by atoms with Crippen LogP contribution in [-0.4, -0.2) is 10.8 Å². The highest BCUT2D eigenvalue weighted by Crippen LogP contribution is 2.28. The van der Waals surface area contributed by atoms with Crippen LogP contribution in [0.25, 0.3) is 11.3 Å². The first-order valence-corrected chi connectivity index (χ1v) is 7.67. The molecule has 126 valence electrons. The van der Waals surface area contributed by atoms with Gasteiger partial charge in [0.15, 0.2) is 0 Å². The first-order valence-electron chi connectivity index (χ1n) is 7.67. The Hall–Kier alpha value is -3.41. The van der Waals surface area contributed by atoms with Gasteiger partial charge in [0.2, 0.25) is 0 Å². The molecule has 2 aromatic carbocycles. The second-order valence-electron chi connectivity index (χ2n) is 5.71. The average Bonchev–Trinajstić information content (AvgIpc) is 2.97. The van der Waals surface area contributed by atoms with Crippen molar-refractivity contribution < 1.29 is 14.1 Å². The Morgan fingerprint density at radius 2 is 1.84 bits per heavy atom. The van der Waals surface area contributed by atoms with Gasteiger partial charge in [-0.1, -0.05) is 24.3 Å².